The third-order valence-electron chi connectivity index (χ3n) is 6.38. The zero-order valence-electron chi connectivity index (χ0n) is 13.8. The normalized spacial score (nSPS) is 33.8. The summed E-state index contributed by atoms with van der Waals surface area (Å²) in [7, 11) is -3.59. The van der Waals surface area contributed by atoms with Crippen LogP contribution in [-0.2, 0) is 10.0 Å². The Labute approximate surface area is 146 Å². The fourth-order valence-electron chi connectivity index (χ4n) is 5.55. The van der Waals surface area contributed by atoms with E-state index < -0.39 is 10.0 Å². The molecule has 0 unspecified atom stereocenters. The second-order valence-electron chi connectivity index (χ2n) is 8.00. The van der Waals surface area contributed by atoms with Gasteiger partial charge in [0.25, 0.3) is 5.56 Å². The lowest BCUT2D eigenvalue weighted by Crippen LogP contribution is -2.55. The van der Waals surface area contributed by atoms with Crippen LogP contribution in [0.4, 0.5) is 0 Å². The minimum atomic E-state index is -3.59. The molecule has 0 spiro atoms. The van der Waals surface area contributed by atoms with E-state index in [1.165, 1.54) is 44.4 Å². The highest BCUT2D eigenvalue weighted by Crippen LogP contribution is 2.53. The summed E-state index contributed by atoms with van der Waals surface area (Å²) in [6.07, 6.45) is 7.19. The van der Waals surface area contributed by atoms with Gasteiger partial charge in [-0.25, -0.2) is 18.1 Å². The third kappa shape index (κ3) is 2.60. The summed E-state index contributed by atoms with van der Waals surface area (Å²) in [5.41, 5.74) is 0.725. The molecule has 0 aliphatic heterocycles. The number of sulfonamides is 1. The van der Waals surface area contributed by atoms with Gasteiger partial charge in [0.15, 0.2) is 0 Å². The fraction of sp³-hybridized carbons (Fsp3) is 0.556. The van der Waals surface area contributed by atoms with Crippen molar-refractivity contribution in [2.45, 2.75) is 43.0 Å². The molecule has 7 heteroatoms. The van der Waals surface area contributed by atoms with Crippen LogP contribution in [0.1, 0.15) is 32.1 Å². The molecule has 1 aromatic heterocycles. The summed E-state index contributed by atoms with van der Waals surface area (Å²) in [5, 5.41) is 0. The molecular weight excluding hydrogens is 338 g/mol. The molecule has 4 saturated carbocycles. The Balaban J connectivity index is 1.45. The molecule has 6 rings (SSSR count). The standard InChI is InChI=1S/C18H21N3O3S/c22-17-9-19-16-8-14(1-2-15(16)20-17)25(23,24)21-18-12-4-10-3-11(6-12)7-13(18)5-10/h1-2,8-13,18,21H,3-7H2,(H,20,22). The maximum Gasteiger partial charge on any atom is 0.266 e. The molecule has 4 aliphatic rings. The number of aromatic amines is 1. The van der Waals surface area contributed by atoms with Crippen molar-refractivity contribution in [3.05, 3.63) is 34.7 Å². The number of fused-ring (bicyclic) bond motifs is 1. The first-order valence-electron chi connectivity index (χ1n) is 8.99. The zero-order valence-corrected chi connectivity index (χ0v) is 14.6. The molecule has 4 bridgehead atoms. The number of hydrogen-bond acceptors (Lipinski definition) is 4. The number of aromatic nitrogens is 2. The third-order valence-corrected chi connectivity index (χ3v) is 7.83. The minimum Gasteiger partial charge on any atom is -0.319 e. The van der Waals surface area contributed by atoms with Crippen molar-refractivity contribution in [2.75, 3.05) is 0 Å². The molecule has 0 radical (unpaired) electrons. The van der Waals surface area contributed by atoms with Gasteiger partial charge in [-0.15, -0.1) is 0 Å². The molecule has 132 valence electrons. The Hall–Kier alpha value is -1.73. The molecule has 1 heterocycles. The number of nitrogens with one attached hydrogen (secondary N) is 2. The van der Waals surface area contributed by atoms with Crippen molar-refractivity contribution < 1.29 is 8.42 Å². The van der Waals surface area contributed by atoms with Gasteiger partial charge < -0.3 is 4.98 Å². The van der Waals surface area contributed by atoms with Gasteiger partial charge in [-0.1, -0.05) is 0 Å². The van der Waals surface area contributed by atoms with Crippen molar-refractivity contribution >= 4 is 21.1 Å². The molecule has 2 aromatic rings. The van der Waals surface area contributed by atoms with Crippen LogP contribution in [0, 0.1) is 23.7 Å². The average molecular weight is 359 g/mol. The van der Waals surface area contributed by atoms with Gasteiger partial charge in [-0.05, 0) is 74.0 Å². The maximum absolute atomic E-state index is 12.9. The smallest absolute Gasteiger partial charge is 0.266 e. The lowest BCUT2D eigenvalue weighted by molar-refractivity contribution is -0.00557. The summed E-state index contributed by atoms with van der Waals surface area (Å²) in [5.74, 6) is 2.59. The Bertz CT molecular complexity index is 970. The molecule has 2 N–H and O–H groups in total. The Morgan fingerprint density at radius 2 is 1.72 bits per heavy atom. The van der Waals surface area contributed by atoms with Gasteiger partial charge in [0.1, 0.15) is 0 Å². The van der Waals surface area contributed by atoms with Crippen molar-refractivity contribution in [2.24, 2.45) is 23.7 Å². The summed E-state index contributed by atoms with van der Waals surface area (Å²) in [6, 6.07) is 4.74. The molecular formula is C18H21N3O3S. The Morgan fingerprint density at radius 1 is 1.04 bits per heavy atom. The first-order valence-corrected chi connectivity index (χ1v) is 10.5. The SMILES string of the molecule is O=c1cnc2cc(S(=O)(=O)NC3C4CC5CC(C4)CC3C5)ccc2[nH]1. The molecule has 0 amide bonds. The van der Waals surface area contributed by atoms with Crippen LogP contribution in [0.2, 0.25) is 0 Å². The van der Waals surface area contributed by atoms with Gasteiger partial charge in [0.05, 0.1) is 22.1 Å². The van der Waals surface area contributed by atoms with Gasteiger partial charge in [-0.3, -0.25) is 4.79 Å². The van der Waals surface area contributed by atoms with E-state index in [-0.39, 0.29) is 16.5 Å². The molecule has 0 atom stereocenters. The van der Waals surface area contributed by atoms with Crippen LogP contribution in [-0.4, -0.2) is 24.4 Å². The number of hydrogen-bond donors (Lipinski definition) is 2. The fourth-order valence-corrected chi connectivity index (χ4v) is 6.94. The van der Waals surface area contributed by atoms with E-state index in [0.29, 0.717) is 22.9 Å². The van der Waals surface area contributed by atoms with Crippen LogP contribution >= 0.6 is 0 Å². The number of benzene rings is 1. The monoisotopic (exact) mass is 359 g/mol. The predicted molar refractivity (Wildman–Crippen MR) is 93.5 cm³/mol. The summed E-state index contributed by atoms with van der Waals surface area (Å²) >= 11 is 0. The molecule has 25 heavy (non-hydrogen) atoms. The van der Waals surface area contributed by atoms with Crippen molar-refractivity contribution in [1.29, 1.82) is 0 Å². The first kappa shape index (κ1) is 15.5. The Kier molecular flexibility index (Phi) is 3.34. The van der Waals surface area contributed by atoms with Gasteiger partial charge in [0.2, 0.25) is 10.0 Å². The van der Waals surface area contributed by atoms with Crippen LogP contribution < -0.4 is 10.3 Å². The highest BCUT2D eigenvalue weighted by Gasteiger charge is 2.49. The van der Waals surface area contributed by atoms with Crippen molar-refractivity contribution in [1.82, 2.24) is 14.7 Å². The second-order valence-corrected chi connectivity index (χ2v) is 9.72. The van der Waals surface area contributed by atoms with Crippen LogP contribution in [0.5, 0.6) is 0 Å². The quantitative estimate of drug-likeness (QED) is 0.877. The molecule has 0 saturated heterocycles. The zero-order chi connectivity index (χ0) is 17.2. The summed E-state index contributed by atoms with van der Waals surface area (Å²) in [4.78, 5) is 18.2. The van der Waals surface area contributed by atoms with Crippen LogP contribution in [0.15, 0.2) is 34.1 Å². The van der Waals surface area contributed by atoms with E-state index >= 15 is 0 Å². The largest absolute Gasteiger partial charge is 0.319 e. The molecule has 4 aliphatic carbocycles. The average Bonchev–Trinajstić information content (AvgIpc) is 2.57. The molecule has 4 fully saturated rings. The van der Waals surface area contributed by atoms with E-state index in [9.17, 15) is 13.2 Å². The van der Waals surface area contributed by atoms with Crippen molar-refractivity contribution in [3.8, 4) is 0 Å². The lowest BCUT2D eigenvalue weighted by Gasteiger charge is -2.54. The van der Waals surface area contributed by atoms with E-state index in [1.54, 1.807) is 12.1 Å². The molecule has 6 nitrogen and oxygen atoms in total. The lowest BCUT2D eigenvalue weighted by atomic mass is 9.54. The van der Waals surface area contributed by atoms with Crippen LogP contribution in [0.25, 0.3) is 11.0 Å². The second kappa shape index (κ2) is 5.38. The number of rotatable bonds is 3. The first-order chi connectivity index (χ1) is 12.0. The van der Waals surface area contributed by atoms with Crippen molar-refractivity contribution in [3.63, 3.8) is 0 Å². The van der Waals surface area contributed by atoms with E-state index in [2.05, 4.69) is 14.7 Å². The minimum absolute atomic E-state index is 0.0667. The number of nitrogens with zero attached hydrogens (tertiary/aromatic N) is 1. The maximum atomic E-state index is 12.9. The van der Waals surface area contributed by atoms with Gasteiger partial charge in [0, 0.05) is 6.04 Å². The van der Waals surface area contributed by atoms with Gasteiger partial charge >= 0.3 is 0 Å². The van der Waals surface area contributed by atoms with E-state index in [1.807, 2.05) is 0 Å². The summed E-state index contributed by atoms with van der Waals surface area (Å²) in [6.45, 7) is 0. The highest BCUT2D eigenvalue weighted by molar-refractivity contribution is 7.89. The number of H-pyrrole nitrogens is 1. The van der Waals surface area contributed by atoms with Crippen LogP contribution in [0.3, 0.4) is 0 Å². The highest BCUT2D eigenvalue weighted by atomic mass is 32.2. The summed E-state index contributed by atoms with van der Waals surface area (Å²) < 4.78 is 28.9. The van der Waals surface area contributed by atoms with Gasteiger partial charge in [-0.2, -0.15) is 0 Å². The Morgan fingerprint density at radius 3 is 2.40 bits per heavy atom. The molecule has 1 aromatic carbocycles. The predicted octanol–water partition coefficient (Wildman–Crippen LogP) is 2.03. The topological polar surface area (TPSA) is 91.9 Å². The van der Waals surface area contributed by atoms with E-state index in [0.717, 1.165) is 11.8 Å². The van der Waals surface area contributed by atoms with E-state index in [4.69, 9.17) is 0 Å².